The van der Waals surface area contributed by atoms with Gasteiger partial charge in [-0.2, -0.15) is 0 Å². The van der Waals surface area contributed by atoms with Crippen molar-refractivity contribution in [1.29, 1.82) is 0 Å². The summed E-state index contributed by atoms with van der Waals surface area (Å²) < 4.78 is 4.38. The highest BCUT2D eigenvalue weighted by atomic mass is 16.5. The van der Waals surface area contributed by atoms with Crippen LogP contribution in [0.25, 0.3) is 0 Å². The number of rotatable bonds is 0. The van der Waals surface area contributed by atoms with E-state index in [1.807, 2.05) is 0 Å². The third kappa shape index (κ3) is 2.92. The lowest BCUT2D eigenvalue weighted by molar-refractivity contribution is -0.133. The Morgan fingerprint density at radius 2 is 2.18 bits per heavy atom. The first-order chi connectivity index (χ1) is 8.29. The summed E-state index contributed by atoms with van der Waals surface area (Å²) in [5.41, 5.74) is 3.53. The van der Waals surface area contributed by atoms with E-state index in [2.05, 4.69) is 39.5 Å². The molecule has 0 saturated carbocycles. The number of H-pyrrole nitrogens is 1. The monoisotopic (exact) mass is 227 g/mol. The third-order valence-corrected chi connectivity index (χ3v) is 2.72. The highest BCUT2D eigenvalue weighted by Gasteiger charge is 2.11. The molecule has 3 heteroatoms. The van der Waals surface area contributed by atoms with E-state index < -0.39 is 5.97 Å². The van der Waals surface area contributed by atoms with Crippen molar-refractivity contribution in [1.82, 2.24) is 4.98 Å². The summed E-state index contributed by atoms with van der Waals surface area (Å²) in [7, 11) is 1.30. The number of carbonyl (C=O) groups is 1. The molecule has 0 aromatic carbocycles. The molecule has 0 fully saturated rings. The Hall–Kier alpha value is -2.13. The zero-order valence-corrected chi connectivity index (χ0v) is 9.72. The highest BCUT2D eigenvalue weighted by molar-refractivity contribution is 5.88. The van der Waals surface area contributed by atoms with E-state index in [1.54, 1.807) is 0 Å². The largest absolute Gasteiger partial charge is 0.459 e. The van der Waals surface area contributed by atoms with Crippen LogP contribution in [0.5, 0.6) is 0 Å². The van der Waals surface area contributed by atoms with E-state index in [4.69, 9.17) is 0 Å². The van der Waals surface area contributed by atoms with E-state index in [0.717, 1.165) is 18.5 Å². The summed E-state index contributed by atoms with van der Waals surface area (Å²) in [5, 5.41) is 0. The van der Waals surface area contributed by atoms with Gasteiger partial charge in [-0.1, -0.05) is 0 Å². The zero-order chi connectivity index (χ0) is 12.1. The van der Waals surface area contributed by atoms with Crippen LogP contribution in [-0.2, 0) is 22.4 Å². The second-order valence-electron chi connectivity index (χ2n) is 3.89. The molecule has 86 valence electrons. The summed E-state index contributed by atoms with van der Waals surface area (Å²) in [5.74, 6) is 9.69. The van der Waals surface area contributed by atoms with Crippen molar-refractivity contribution >= 4 is 5.97 Å². The van der Waals surface area contributed by atoms with E-state index in [0.29, 0.717) is 0 Å². The van der Waals surface area contributed by atoms with Gasteiger partial charge in [-0.15, -0.1) is 0 Å². The molecule has 1 aliphatic carbocycles. The van der Waals surface area contributed by atoms with Crippen LogP contribution in [0.3, 0.4) is 0 Å². The van der Waals surface area contributed by atoms with Crippen molar-refractivity contribution in [3.05, 3.63) is 23.0 Å². The molecular formula is C14H13NO2. The number of methoxy groups -OCH3 is 1. The van der Waals surface area contributed by atoms with Crippen molar-refractivity contribution in [2.24, 2.45) is 0 Å². The normalized spacial score (nSPS) is 12.5. The van der Waals surface area contributed by atoms with Gasteiger partial charge in [-0.25, -0.2) is 4.79 Å². The number of hydrogen-bond donors (Lipinski definition) is 1. The molecule has 1 aliphatic rings. The first kappa shape index (κ1) is 11.4. The molecule has 1 aromatic rings. The number of aromatic nitrogens is 1. The highest BCUT2D eigenvalue weighted by Crippen LogP contribution is 2.20. The summed E-state index contributed by atoms with van der Waals surface area (Å²) in [4.78, 5) is 14.0. The molecule has 0 aliphatic heterocycles. The van der Waals surface area contributed by atoms with Gasteiger partial charge in [0, 0.05) is 11.6 Å². The fourth-order valence-corrected chi connectivity index (χ4v) is 1.90. The lowest BCUT2D eigenvalue weighted by Gasteiger charge is -2.08. The molecule has 0 radical (unpaired) electrons. The Balaban J connectivity index is 2.08. The molecule has 3 nitrogen and oxygen atoms in total. The molecule has 0 unspecified atom stereocenters. The Kier molecular flexibility index (Phi) is 3.52. The topological polar surface area (TPSA) is 42.1 Å². The predicted octanol–water partition coefficient (Wildman–Crippen LogP) is 1.42. The lowest BCUT2D eigenvalue weighted by atomic mass is 9.98. The van der Waals surface area contributed by atoms with Gasteiger partial charge in [-0.05, 0) is 55.1 Å². The Labute approximate surface area is 101 Å². The van der Waals surface area contributed by atoms with Crippen LogP contribution in [0.2, 0.25) is 0 Å². The molecule has 2 rings (SSSR count). The van der Waals surface area contributed by atoms with Gasteiger partial charge < -0.3 is 9.72 Å². The minimum absolute atomic E-state index is 0.565. The van der Waals surface area contributed by atoms with E-state index in [-0.39, 0.29) is 0 Å². The van der Waals surface area contributed by atoms with Crippen LogP contribution >= 0.6 is 0 Å². The quantitative estimate of drug-likeness (QED) is 0.414. The van der Waals surface area contributed by atoms with Crippen molar-refractivity contribution in [3.63, 3.8) is 0 Å². The molecule has 1 aromatic heterocycles. The van der Waals surface area contributed by atoms with Crippen molar-refractivity contribution in [2.45, 2.75) is 25.7 Å². The summed E-state index contributed by atoms with van der Waals surface area (Å²) in [6.45, 7) is 0. The van der Waals surface area contributed by atoms with Crippen LogP contribution in [-0.4, -0.2) is 18.1 Å². The fraction of sp³-hybridized carbons (Fsp3) is 0.357. The number of carbonyl (C=O) groups excluding carboxylic acids is 1. The number of hydrogen-bond acceptors (Lipinski definition) is 2. The van der Waals surface area contributed by atoms with Crippen LogP contribution in [0.1, 0.15) is 29.8 Å². The Morgan fingerprint density at radius 1 is 1.35 bits per heavy atom. The van der Waals surface area contributed by atoms with Crippen LogP contribution < -0.4 is 0 Å². The van der Waals surface area contributed by atoms with Gasteiger partial charge in [0.15, 0.2) is 0 Å². The molecule has 1 heterocycles. The van der Waals surface area contributed by atoms with E-state index >= 15 is 0 Å². The molecule has 0 amide bonds. The van der Waals surface area contributed by atoms with E-state index in [1.165, 1.54) is 31.2 Å². The summed E-state index contributed by atoms with van der Waals surface area (Å²) in [6, 6.07) is 2.07. The average molecular weight is 227 g/mol. The standard InChI is InChI=1S/C14H13NO2/c1-17-14(16)9-5-3-7-12-10-11-6-2-4-8-13(11)15-12/h10,15H,2,4,6,8H2,1H3. The zero-order valence-electron chi connectivity index (χ0n) is 9.72. The summed E-state index contributed by atoms with van der Waals surface area (Å²) >= 11 is 0. The smallest absolute Gasteiger partial charge is 0.385 e. The minimum atomic E-state index is -0.565. The van der Waals surface area contributed by atoms with Gasteiger partial charge >= 0.3 is 5.97 Å². The molecule has 0 saturated heterocycles. The summed E-state index contributed by atoms with van der Waals surface area (Å²) in [6.07, 6.45) is 4.72. The minimum Gasteiger partial charge on any atom is -0.459 e. The predicted molar refractivity (Wildman–Crippen MR) is 64.1 cm³/mol. The average Bonchev–Trinajstić information content (AvgIpc) is 2.76. The first-order valence-corrected chi connectivity index (χ1v) is 5.60. The SMILES string of the molecule is COC(=O)C#CC#Cc1cc2c([nH]1)CCCC2. The molecule has 0 bridgehead atoms. The molecule has 0 spiro atoms. The van der Waals surface area contributed by atoms with Crippen LogP contribution in [0.15, 0.2) is 6.07 Å². The fourth-order valence-electron chi connectivity index (χ4n) is 1.90. The second kappa shape index (κ2) is 5.27. The number of aryl methyl sites for hydroxylation is 2. The van der Waals surface area contributed by atoms with Crippen molar-refractivity contribution < 1.29 is 9.53 Å². The Bertz CT molecular complexity index is 523. The van der Waals surface area contributed by atoms with E-state index in [9.17, 15) is 4.79 Å². The van der Waals surface area contributed by atoms with Crippen LogP contribution in [0, 0.1) is 23.7 Å². The molecule has 1 N–H and O–H groups in total. The van der Waals surface area contributed by atoms with Gasteiger partial charge in [0.25, 0.3) is 0 Å². The second-order valence-corrected chi connectivity index (χ2v) is 3.89. The molecular weight excluding hydrogens is 214 g/mol. The Morgan fingerprint density at radius 3 is 2.94 bits per heavy atom. The molecule has 0 atom stereocenters. The van der Waals surface area contributed by atoms with Crippen molar-refractivity contribution in [2.75, 3.05) is 7.11 Å². The first-order valence-electron chi connectivity index (χ1n) is 5.60. The number of aromatic amines is 1. The van der Waals surface area contributed by atoms with Gasteiger partial charge in [0.05, 0.1) is 12.8 Å². The number of esters is 1. The van der Waals surface area contributed by atoms with Gasteiger partial charge in [0.2, 0.25) is 0 Å². The number of ether oxygens (including phenoxy) is 1. The maximum Gasteiger partial charge on any atom is 0.385 e. The maximum absolute atomic E-state index is 10.7. The maximum atomic E-state index is 10.7. The van der Waals surface area contributed by atoms with Crippen LogP contribution in [0.4, 0.5) is 0 Å². The van der Waals surface area contributed by atoms with Gasteiger partial charge in [0.1, 0.15) is 0 Å². The number of nitrogens with one attached hydrogen (secondary N) is 1. The molecule has 17 heavy (non-hydrogen) atoms. The third-order valence-electron chi connectivity index (χ3n) is 2.72. The number of fused-ring (bicyclic) bond motifs is 1. The van der Waals surface area contributed by atoms with Gasteiger partial charge in [-0.3, -0.25) is 0 Å². The lowest BCUT2D eigenvalue weighted by Crippen LogP contribution is -1.99. The van der Waals surface area contributed by atoms with Crippen molar-refractivity contribution in [3.8, 4) is 23.7 Å².